The van der Waals surface area contributed by atoms with Crippen LogP contribution >= 0.6 is 0 Å². The predicted octanol–water partition coefficient (Wildman–Crippen LogP) is 3.93. The van der Waals surface area contributed by atoms with Gasteiger partial charge < -0.3 is 5.11 Å². The molecule has 0 spiro atoms. The van der Waals surface area contributed by atoms with Gasteiger partial charge in [-0.15, -0.1) is 0 Å². The molecule has 18 heavy (non-hydrogen) atoms. The molecule has 2 aromatic rings. The highest BCUT2D eigenvalue weighted by Gasteiger charge is 2.20. The lowest BCUT2D eigenvalue weighted by Crippen LogP contribution is -2.11. The molecule has 0 aromatic heterocycles. The van der Waals surface area contributed by atoms with Crippen LogP contribution in [0.1, 0.15) is 24.8 Å². The molecule has 2 heteroatoms. The third-order valence-electron chi connectivity index (χ3n) is 3.13. The first-order chi connectivity index (χ1) is 8.74. The molecule has 0 saturated carbocycles. The molecule has 0 fully saturated rings. The van der Waals surface area contributed by atoms with Gasteiger partial charge >= 0.3 is 5.97 Å². The number of aliphatic carboxylic acids is 1. The van der Waals surface area contributed by atoms with Crippen LogP contribution in [-0.4, -0.2) is 11.1 Å². The molecule has 1 atom stereocenters. The Hall–Kier alpha value is -2.09. The van der Waals surface area contributed by atoms with E-state index in [4.69, 9.17) is 0 Å². The van der Waals surface area contributed by atoms with Gasteiger partial charge in [0.1, 0.15) is 0 Å². The van der Waals surface area contributed by atoms with Crippen LogP contribution in [-0.2, 0) is 4.79 Å². The summed E-state index contributed by atoms with van der Waals surface area (Å²) in [4.78, 5) is 11.3. The van der Waals surface area contributed by atoms with Crippen molar-refractivity contribution < 1.29 is 9.90 Å². The molecule has 0 bridgehead atoms. The monoisotopic (exact) mass is 240 g/mol. The van der Waals surface area contributed by atoms with Gasteiger partial charge in [0, 0.05) is 0 Å². The van der Waals surface area contributed by atoms with Gasteiger partial charge in [-0.05, 0) is 23.1 Å². The van der Waals surface area contributed by atoms with E-state index in [9.17, 15) is 9.90 Å². The number of carboxylic acid groups (broad SMARTS) is 1. The maximum atomic E-state index is 11.3. The summed E-state index contributed by atoms with van der Waals surface area (Å²) in [5.74, 6) is -1.21. The second kappa shape index (κ2) is 5.50. The summed E-state index contributed by atoms with van der Waals surface area (Å²) >= 11 is 0. The first-order valence-corrected chi connectivity index (χ1v) is 6.11. The second-order valence-electron chi connectivity index (χ2n) is 4.25. The van der Waals surface area contributed by atoms with E-state index in [2.05, 4.69) is 0 Å². The van der Waals surface area contributed by atoms with E-state index in [1.165, 1.54) is 0 Å². The van der Waals surface area contributed by atoms with Gasteiger partial charge in [-0.25, -0.2) is 0 Å². The van der Waals surface area contributed by atoms with Crippen molar-refractivity contribution in [1.29, 1.82) is 0 Å². The summed E-state index contributed by atoms with van der Waals surface area (Å²) in [5.41, 5.74) is 2.96. The van der Waals surface area contributed by atoms with Gasteiger partial charge in [0.05, 0.1) is 5.92 Å². The first-order valence-electron chi connectivity index (χ1n) is 6.11. The van der Waals surface area contributed by atoms with E-state index in [1.54, 1.807) is 0 Å². The third-order valence-corrected chi connectivity index (χ3v) is 3.13. The van der Waals surface area contributed by atoms with Gasteiger partial charge in [0.2, 0.25) is 0 Å². The quantitative estimate of drug-likeness (QED) is 0.879. The van der Waals surface area contributed by atoms with Gasteiger partial charge in [-0.3, -0.25) is 4.79 Å². The minimum absolute atomic E-state index is 0.443. The van der Waals surface area contributed by atoms with E-state index < -0.39 is 11.9 Å². The Labute approximate surface area is 107 Å². The molecule has 1 unspecified atom stereocenters. The number of carbonyl (C=O) groups is 1. The van der Waals surface area contributed by atoms with Gasteiger partial charge in [0.25, 0.3) is 0 Å². The summed E-state index contributed by atoms with van der Waals surface area (Å²) in [5, 5.41) is 9.30. The zero-order valence-electron chi connectivity index (χ0n) is 10.3. The highest BCUT2D eigenvalue weighted by molar-refractivity contribution is 5.81. The number of rotatable bonds is 4. The Morgan fingerprint density at radius 2 is 1.67 bits per heavy atom. The highest BCUT2D eigenvalue weighted by Crippen LogP contribution is 2.31. The van der Waals surface area contributed by atoms with E-state index in [-0.39, 0.29) is 0 Å². The fourth-order valence-corrected chi connectivity index (χ4v) is 2.21. The molecule has 0 radical (unpaired) electrons. The van der Waals surface area contributed by atoms with E-state index in [0.717, 1.165) is 16.7 Å². The average Bonchev–Trinajstić information content (AvgIpc) is 2.41. The lowest BCUT2D eigenvalue weighted by atomic mass is 9.89. The van der Waals surface area contributed by atoms with Crippen LogP contribution in [0.3, 0.4) is 0 Å². The Kier molecular flexibility index (Phi) is 3.78. The Bertz CT molecular complexity index is 532. The minimum atomic E-state index is -0.763. The van der Waals surface area contributed by atoms with Crippen LogP contribution in [0.2, 0.25) is 0 Å². The number of hydrogen-bond donors (Lipinski definition) is 1. The number of hydrogen-bond acceptors (Lipinski definition) is 1. The summed E-state index contributed by atoms with van der Waals surface area (Å²) < 4.78 is 0. The van der Waals surface area contributed by atoms with E-state index >= 15 is 0 Å². The lowest BCUT2D eigenvalue weighted by Gasteiger charge is -2.15. The number of carboxylic acids is 1. The molecule has 2 aromatic carbocycles. The maximum absolute atomic E-state index is 11.3. The number of benzene rings is 2. The van der Waals surface area contributed by atoms with Crippen molar-refractivity contribution in [3.63, 3.8) is 0 Å². The maximum Gasteiger partial charge on any atom is 0.310 e. The molecular formula is C16H16O2. The molecule has 2 rings (SSSR count). The van der Waals surface area contributed by atoms with Crippen LogP contribution in [0.5, 0.6) is 0 Å². The van der Waals surface area contributed by atoms with Crippen LogP contribution in [0, 0.1) is 0 Å². The van der Waals surface area contributed by atoms with Crippen molar-refractivity contribution >= 4 is 5.97 Å². The topological polar surface area (TPSA) is 37.3 Å². The second-order valence-corrected chi connectivity index (χ2v) is 4.25. The molecule has 0 heterocycles. The molecule has 1 N–H and O–H groups in total. The van der Waals surface area contributed by atoms with Crippen molar-refractivity contribution in [1.82, 2.24) is 0 Å². The molecule has 0 amide bonds. The van der Waals surface area contributed by atoms with Crippen LogP contribution < -0.4 is 0 Å². The van der Waals surface area contributed by atoms with Crippen molar-refractivity contribution in [2.45, 2.75) is 19.3 Å². The van der Waals surface area contributed by atoms with Crippen molar-refractivity contribution in [3.8, 4) is 11.1 Å². The zero-order valence-corrected chi connectivity index (χ0v) is 10.3. The average molecular weight is 240 g/mol. The molecule has 92 valence electrons. The Morgan fingerprint density at radius 3 is 2.28 bits per heavy atom. The normalized spacial score (nSPS) is 12.1. The molecule has 0 aliphatic carbocycles. The summed E-state index contributed by atoms with van der Waals surface area (Å²) in [6, 6.07) is 17.6. The van der Waals surface area contributed by atoms with Gasteiger partial charge in [-0.2, -0.15) is 0 Å². The molecule has 0 saturated heterocycles. The van der Waals surface area contributed by atoms with Crippen molar-refractivity contribution in [3.05, 3.63) is 60.2 Å². The minimum Gasteiger partial charge on any atom is -0.481 e. The molecule has 0 aliphatic heterocycles. The molecule has 0 aliphatic rings. The van der Waals surface area contributed by atoms with Crippen molar-refractivity contribution in [2.75, 3.05) is 0 Å². The summed E-state index contributed by atoms with van der Waals surface area (Å²) in [6.45, 7) is 1.90. The highest BCUT2D eigenvalue weighted by atomic mass is 16.4. The fourth-order valence-electron chi connectivity index (χ4n) is 2.21. The van der Waals surface area contributed by atoms with Crippen LogP contribution in [0.4, 0.5) is 0 Å². The Morgan fingerprint density at radius 1 is 1.06 bits per heavy atom. The summed E-state index contributed by atoms with van der Waals surface area (Å²) in [7, 11) is 0. The predicted molar refractivity (Wildman–Crippen MR) is 72.5 cm³/mol. The van der Waals surface area contributed by atoms with E-state index in [0.29, 0.717) is 6.42 Å². The van der Waals surface area contributed by atoms with Crippen LogP contribution in [0.25, 0.3) is 11.1 Å². The third kappa shape index (κ3) is 2.43. The van der Waals surface area contributed by atoms with E-state index in [1.807, 2.05) is 61.5 Å². The SMILES string of the molecule is CCC(C(=O)O)c1ccccc1-c1ccccc1. The lowest BCUT2D eigenvalue weighted by molar-refractivity contribution is -0.138. The molecule has 2 nitrogen and oxygen atoms in total. The summed E-state index contributed by atoms with van der Waals surface area (Å²) in [6.07, 6.45) is 0.596. The largest absolute Gasteiger partial charge is 0.481 e. The first kappa shape index (κ1) is 12.4. The fraction of sp³-hybridized carbons (Fsp3) is 0.188. The standard InChI is InChI=1S/C16H16O2/c1-2-13(16(17)18)15-11-7-6-10-14(15)12-8-4-3-5-9-12/h3-11,13H,2H2,1H3,(H,17,18). The van der Waals surface area contributed by atoms with Gasteiger partial charge in [0.15, 0.2) is 0 Å². The van der Waals surface area contributed by atoms with Crippen LogP contribution in [0.15, 0.2) is 54.6 Å². The Balaban J connectivity index is 2.53. The van der Waals surface area contributed by atoms with Crippen molar-refractivity contribution in [2.24, 2.45) is 0 Å². The zero-order chi connectivity index (χ0) is 13.0. The van der Waals surface area contributed by atoms with Gasteiger partial charge in [-0.1, -0.05) is 61.5 Å². The molecular weight excluding hydrogens is 224 g/mol. The smallest absolute Gasteiger partial charge is 0.310 e.